The number of pyridine rings is 1. The monoisotopic (exact) mass is 312 g/mol. The molecule has 0 fully saturated rings. The molecular weight excluding hydrogens is 307 g/mol. The molecule has 0 atom stereocenters. The van der Waals surface area contributed by atoms with Crippen LogP contribution in [-0.2, 0) is 0 Å². The summed E-state index contributed by atoms with van der Waals surface area (Å²) in [5, 5.41) is 10.6. The fourth-order valence-corrected chi connectivity index (χ4v) is 1.59. The third-order valence-electron chi connectivity index (χ3n) is 2.04. The predicted octanol–water partition coefficient (Wildman–Crippen LogP) is 3.68. The summed E-state index contributed by atoms with van der Waals surface area (Å²) in [6, 6.07) is 6.48. The molecule has 0 bridgehead atoms. The standard InChI is InChI=1S/C11H6BrFN2O3/c12-9-6-8(1-2-10(9)13)18-11-5-7(15(16)17)3-4-14-11/h1-6H. The van der Waals surface area contributed by atoms with E-state index >= 15 is 0 Å². The topological polar surface area (TPSA) is 65.3 Å². The van der Waals surface area contributed by atoms with Crippen molar-refractivity contribution in [1.82, 2.24) is 4.98 Å². The maximum atomic E-state index is 13.0. The number of rotatable bonds is 3. The average molecular weight is 313 g/mol. The number of ether oxygens (including phenoxy) is 1. The molecule has 0 N–H and O–H groups in total. The second-order valence-corrected chi connectivity index (χ2v) is 4.14. The molecule has 0 radical (unpaired) electrons. The van der Waals surface area contributed by atoms with Crippen molar-refractivity contribution < 1.29 is 14.1 Å². The fraction of sp³-hybridized carbons (Fsp3) is 0. The van der Waals surface area contributed by atoms with Gasteiger partial charge in [0.05, 0.1) is 15.5 Å². The third kappa shape index (κ3) is 2.80. The Hall–Kier alpha value is -2.02. The number of nitrogens with zero attached hydrogens (tertiary/aromatic N) is 2. The first-order valence-corrected chi connectivity index (χ1v) is 5.59. The number of hydrogen-bond acceptors (Lipinski definition) is 4. The van der Waals surface area contributed by atoms with Crippen LogP contribution >= 0.6 is 15.9 Å². The van der Waals surface area contributed by atoms with Gasteiger partial charge in [0.2, 0.25) is 5.88 Å². The molecule has 0 amide bonds. The van der Waals surface area contributed by atoms with Crippen molar-refractivity contribution in [1.29, 1.82) is 0 Å². The van der Waals surface area contributed by atoms with Gasteiger partial charge < -0.3 is 4.74 Å². The van der Waals surface area contributed by atoms with Crippen LogP contribution in [0.5, 0.6) is 11.6 Å². The van der Waals surface area contributed by atoms with Crippen LogP contribution in [0.3, 0.4) is 0 Å². The number of aromatic nitrogens is 1. The summed E-state index contributed by atoms with van der Waals surface area (Å²) in [6.07, 6.45) is 1.27. The van der Waals surface area contributed by atoms with Crippen LogP contribution in [0.2, 0.25) is 0 Å². The molecule has 92 valence electrons. The van der Waals surface area contributed by atoms with E-state index in [1.807, 2.05) is 0 Å². The lowest BCUT2D eigenvalue weighted by molar-refractivity contribution is -0.385. The number of halogens is 2. The zero-order chi connectivity index (χ0) is 13.1. The summed E-state index contributed by atoms with van der Waals surface area (Å²) >= 11 is 3.01. The van der Waals surface area contributed by atoms with E-state index in [0.717, 1.165) is 0 Å². The van der Waals surface area contributed by atoms with Gasteiger partial charge in [0, 0.05) is 12.3 Å². The first-order chi connectivity index (χ1) is 8.56. The Morgan fingerprint density at radius 3 is 2.78 bits per heavy atom. The Morgan fingerprint density at radius 1 is 1.33 bits per heavy atom. The fourth-order valence-electron chi connectivity index (χ4n) is 1.23. The van der Waals surface area contributed by atoms with Gasteiger partial charge in [0.25, 0.3) is 5.69 Å². The molecule has 0 aliphatic rings. The lowest BCUT2D eigenvalue weighted by Gasteiger charge is -2.04. The zero-order valence-corrected chi connectivity index (χ0v) is 10.4. The van der Waals surface area contributed by atoms with Crippen molar-refractivity contribution >= 4 is 21.6 Å². The normalized spacial score (nSPS) is 10.1. The van der Waals surface area contributed by atoms with Gasteiger partial charge in [-0.2, -0.15) is 0 Å². The van der Waals surface area contributed by atoms with Crippen molar-refractivity contribution in [3.05, 3.63) is 56.9 Å². The summed E-state index contributed by atoms with van der Waals surface area (Å²) in [7, 11) is 0. The molecule has 0 unspecified atom stereocenters. The lowest BCUT2D eigenvalue weighted by Crippen LogP contribution is -1.92. The highest BCUT2D eigenvalue weighted by Gasteiger charge is 2.09. The summed E-state index contributed by atoms with van der Waals surface area (Å²) in [5.74, 6) is -0.0201. The largest absolute Gasteiger partial charge is 0.439 e. The number of nitro groups is 1. The Morgan fingerprint density at radius 2 is 2.11 bits per heavy atom. The molecular formula is C11H6BrFN2O3. The Balaban J connectivity index is 2.25. The lowest BCUT2D eigenvalue weighted by atomic mass is 10.3. The molecule has 0 saturated heterocycles. The molecule has 0 saturated carbocycles. The Labute approximate surface area is 110 Å². The van der Waals surface area contributed by atoms with Gasteiger partial charge in [-0.3, -0.25) is 10.1 Å². The summed E-state index contributed by atoms with van der Waals surface area (Å²) in [6.45, 7) is 0. The van der Waals surface area contributed by atoms with Gasteiger partial charge in [0.15, 0.2) is 0 Å². The van der Waals surface area contributed by atoms with Gasteiger partial charge in [-0.15, -0.1) is 0 Å². The van der Waals surface area contributed by atoms with Crippen molar-refractivity contribution in [2.45, 2.75) is 0 Å². The van der Waals surface area contributed by atoms with Crippen LogP contribution in [0.25, 0.3) is 0 Å². The molecule has 5 nitrogen and oxygen atoms in total. The number of hydrogen-bond donors (Lipinski definition) is 0. The molecule has 2 rings (SSSR count). The van der Waals surface area contributed by atoms with Crippen LogP contribution in [0.4, 0.5) is 10.1 Å². The highest BCUT2D eigenvalue weighted by Crippen LogP contribution is 2.26. The van der Waals surface area contributed by atoms with E-state index in [4.69, 9.17) is 4.74 Å². The smallest absolute Gasteiger partial charge is 0.276 e. The Bertz CT molecular complexity index is 607. The van der Waals surface area contributed by atoms with Crippen molar-refractivity contribution in [2.24, 2.45) is 0 Å². The van der Waals surface area contributed by atoms with Crippen LogP contribution < -0.4 is 4.74 Å². The maximum absolute atomic E-state index is 13.0. The highest BCUT2D eigenvalue weighted by molar-refractivity contribution is 9.10. The van der Waals surface area contributed by atoms with E-state index in [0.29, 0.717) is 5.75 Å². The second kappa shape index (κ2) is 5.09. The minimum atomic E-state index is -0.547. The van der Waals surface area contributed by atoms with Crippen molar-refractivity contribution in [2.75, 3.05) is 0 Å². The van der Waals surface area contributed by atoms with Gasteiger partial charge in [0.1, 0.15) is 11.6 Å². The highest BCUT2D eigenvalue weighted by atomic mass is 79.9. The molecule has 0 spiro atoms. The van der Waals surface area contributed by atoms with Crippen LogP contribution in [-0.4, -0.2) is 9.91 Å². The van der Waals surface area contributed by atoms with Crippen LogP contribution in [0.15, 0.2) is 41.0 Å². The van der Waals surface area contributed by atoms with Gasteiger partial charge in [-0.05, 0) is 34.1 Å². The maximum Gasteiger partial charge on any atom is 0.276 e. The van der Waals surface area contributed by atoms with E-state index in [1.165, 1.54) is 36.5 Å². The van der Waals surface area contributed by atoms with Gasteiger partial charge >= 0.3 is 0 Å². The first kappa shape index (κ1) is 12.4. The molecule has 1 aromatic heterocycles. The summed E-state index contributed by atoms with van der Waals surface area (Å²) in [4.78, 5) is 13.9. The first-order valence-electron chi connectivity index (χ1n) is 4.79. The molecule has 0 aliphatic carbocycles. The van der Waals surface area contributed by atoms with Crippen LogP contribution in [0, 0.1) is 15.9 Å². The van der Waals surface area contributed by atoms with E-state index in [2.05, 4.69) is 20.9 Å². The average Bonchev–Trinajstić information content (AvgIpc) is 2.34. The second-order valence-electron chi connectivity index (χ2n) is 3.29. The third-order valence-corrected chi connectivity index (χ3v) is 2.65. The minimum Gasteiger partial charge on any atom is -0.439 e. The van der Waals surface area contributed by atoms with Gasteiger partial charge in [-0.1, -0.05) is 0 Å². The zero-order valence-electron chi connectivity index (χ0n) is 8.84. The molecule has 2 aromatic rings. The summed E-state index contributed by atoms with van der Waals surface area (Å²) in [5.41, 5.74) is -0.124. The van der Waals surface area contributed by atoms with E-state index in [-0.39, 0.29) is 16.0 Å². The van der Waals surface area contributed by atoms with Gasteiger partial charge in [-0.25, -0.2) is 9.37 Å². The molecule has 18 heavy (non-hydrogen) atoms. The predicted molar refractivity (Wildman–Crippen MR) is 65.1 cm³/mol. The van der Waals surface area contributed by atoms with Crippen molar-refractivity contribution in [3.63, 3.8) is 0 Å². The molecule has 7 heteroatoms. The SMILES string of the molecule is O=[N+]([O-])c1ccnc(Oc2ccc(F)c(Br)c2)c1. The van der Waals surface area contributed by atoms with Crippen LogP contribution in [0.1, 0.15) is 0 Å². The minimum absolute atomic E-state index is 0.0720. The number of benzene rings is 1. The van der Waals surface area contributed by atoms with E-state index in [9.17, 15) is 14.5 Å². The Kier molecular flexibility index (Phi) is 3.52. The molecule has 1 aromatic carbocycles. The van der Waals surface area contributed by atoms with E-state index in [1.54, 1.807) is 0 Å². The molecule has 1 heterocycles. The van der Waals surface area contributed by atoms with Crippen molar-refractivity contribution in [3.8, 4) is 11.6 Å². The summed E-state index contributed by atoms with van der Waals surface area (Å²) < 4.78 is 18.5. The quantitative estimate of drug-likeness (QED) is 0.640. The van der Waals surface area contributed by atoms with E-state index < -0.39 is 10.7 Å². The molecule has 0 aliphatic heterocycles.